The Morgan fingerprint density at radius 2 is 2.00 bits per heavy atom. The molecule has 4 heteroatoms. The summed E-state index contributed by atoms with van der Waals surface area (Å²) in [7, 11) is 0. The standard InChI is InChI=1S/C16H14ClN3/c17-13-2-1-10-6-15(7-11(10)5-13)19-14-3-4-16-12(8-14)9-18-20-16/h1-5,8-9,15,19H,6-7H2,(H,18,20). The molecule has 1 aliphatic rings. The van der Waals surface area contributed by atoms with E-state index in [4.69, 9.17) is 11.6 Å². The van der Waals surface area contributed by atoms with Gasteiger partial charge in [0.2, 0.25) is 0 Å². The first kappa shape index (κ1) is 11.8. The normalized spacial score (nSPS) is 17.4. The molecule has 20 heavy (non-hydrogen) atoms. The van der Waals surface area contributed by atoms with Gasteiger partial charge in [-0.05, 0) is 54.3 Å². The molecule has 1 aliphatic carbocycles. The van der Waals surface area contributed by atoms with Crippen molar-refractivity contribution in [2.45, 2.75) is 18.9 Å². The van der Waals surface area contributed by atoms with Crippen LogP contribution in [0.4, 0.5) is 5.69 Å². The molecule has 1 aromatic heterocycles. The van der Waals surface area contributed by atoms with Crippen LogP contribution >= 0.6 is 11.6 Å². The molecule has 0 bridgehead atoms. The largest absolute Gasteiger partial charge is 0.382 e. The van der Waals surface area contributed by atoms with Gasteiger partial charge in [-0.15, -0.1) is 0 Å². The van der Waals surface area contributed by atoms with Crippen molar-refractivity contribution in [3.05, 3.63) is 58.7 Å². The highest BCUT2D eigenvalue weighted by atomic mass is 35.5. The number of aromatic nitrogens is 2. The molecule has 2 aromatic carbocycles. The van der Waals surface area contributed by atoms with Crippen molar-refractivity contribution in [3.8, 4) is 0 Å². The molecule has 0 spiro atoms. The predicted molar refractivity (Wildman–Crippen MR) is 82.4 cm³/mol. The molecule has 0 amide bonds. The van der Waals surface area contributed by atoms with Gasteiger partial charge in [-0.2, -0.15) is 5.10 Å². The Kier molecular flexibility index (Phi) is 2.67. The molecule has 0 fully saturated rings. The SMILES string of the molecule is Clc1ccc2c(c1)CC(Nc1ccc3[nH]ncc3c1)C2. The van der Waals surface area contributed by atoms with E-state index in [9.17, 15) is 0 Å². The number of aromatic amines is 1. The summed E-state index contributed by atoms with van der Waals surface area (Å²) in [5.74, 6) is 0. The van der Waals surface area contributed by atoms with Gasteiger partial charge in [-0.25, -0.2) is 0 Å². The summed E-state index contributed by atoms with van der Waals surface area (Å²) in [6.07, 6.45) is 3.93. The van der Waals surface area contributed by atoms with Crippen LogP contribution in [-0.4, -0.2) is 16.2 Å². The number of nitrogens with one attached hydrogen (secondary N) is 2. The molecule has 2 N–H and O–H groups in total. The number of benzene rings is 2. The molecule has 3 aromatic rings. The molecular weight excluding hydrogens is 270 g/mol. The zero-order valence-electron chi connectivity index (χ0n) is 10.9. The third-order valence-electron chi connectivity index (χ3n) is 3.91. The van der Waals surface area contributed by atoms with Crippen molar-refractivity contribution in [3.63, 3.8) is 0 Å². The van der Waals surface area contributed by atoms with Crippen molar-refractivity contribution in [1.82, 2.24) is 10.2 Å². The number of anilines is 1. The molecule has 0 saturated heterocycles. The monoisotopic (exact) mass is 283 g/mol. The van der Waals surface area contributed by atoms with Crippen LogP contribution < -0.4 is 5.32 Å². The molecule has 0 saturated carbocycles. The second-order valence-corrected chi connectivity index (χ2v) is 5.77. The van der Waals surface area contributed by atoms with Crippen molar-refractivity contribution in [2.75, 3.05) is 5.32 Å². The molecule has 3 nitrogen and oxygen atoms in total. The van der Waals surface area contributed by atoms with Crippen LogP contribution in [0.15, 0.2) is 42.6 Å². The minimum atomic E-state index is 0.438. The number of fused-ring (bicyclic) bond motifs is 2. The van der Waals surface area contributed by atoms with E-state index in [1.54, 1.807) is 0 Å². The third kappa shape index (κ3) is 2.04. The maximum Gasteiger partial charge on any atom is 0.0651 e. The van der Waals surface area contributed by atoms with Gasteiger partial charge >= 0.3 is 0 Å². The predicted octanol–water partition coefficient (Wildman–Crippen LogP) is 3.80. The second-order valence-electron chi connectivity index (χ2n) is 5.33. The second kappa shape index (κ2) is 4.53. The maximum absolute atomic E-state index is 6.05. The zero-order valence-corrected chi connectivity index (χ0v) is 11.6. The number of H-pyrrole nitrogens is 1. The topological polar surface area (TPSA) is 40.7 Å². The molecule has 0 radical (unpaired) electrons. The van der Waals surface area contributed by atoms with Gasteiger partial charge in [0.25, 0.3) is 0 Å². The van der Waals surface area contributed by atoms with E-state index in [1.165, 1.54) is 11.1 Å². The Morgan fingerprint density at radius 3 is 2.95 bits per heavy atom. The first-order valence-electron chi connectivity index (χ1n) is 6.75. The van der Waals surface area contributed by atoms with Crippen molar-refractivity contribution in [2.24, 2.45) is 0 Å². The lowest BCUT2D eigenvalue weighted by atomic mass is 10.1. The molecule has 1 heterocycles. The Labute approximate surface area is 122 Å². The maximum atomic E-state index is 6.05. The summed E-state index contributed by atoms with van der Waals surface area (Å²) in [5.41, 5.74) is 4.97. The highest BCUT2D eigenvalue weighted by Crippen LogP contribution is 2.28. The van der Waals surface area contributed by atoms with E-state index in [0.717, 1.165) is 34.5 Å². The van der Waals surface area contributed by atoms with Crippen LogP contribution in [0.25, 0.3) is 10.9 Å². The van der Waals surface area contributed by atoms with Crippen LogP contribution in [0.1, 0.15) is 11.1 Å². The summed E-state index contributed by atoms with van der Waals surface area (Å²) in [6, 6.07) is 12.9. The van der Waals surface area contributed by atoms with Crippen LogP contribution in [-0.2, 0) is 12.8 Å². The summed E-state index contributed by atoms with van der Waals surface area (Å²) in [6.45, 7) is 0. The van der Waals surface area contributed by atoms with Crippen molar-refractivity contribution in [1.29, 1.82) is 0 Å². The number of rotatable bonds is 2. The average molecular weight is 284 g/mol. The Hall–Kier alpha value is -2.00. The minimum Gasteiger partial charge on any atom is -0.382 e. The fourth-order valence-electron chi connectivity index (χ4n) is 2.96. The summed E-state index contributed by atoms with van der Waals surface area (Å²) in [4.78, 5) is 0. The van der Waals surface area contributed by atoms with Gasteiger partial charge in [-0.1, -0.05) is 17.7 Å². The van der Waals surface area contributed by atoms with E-state index < -0.39 is 0 Å². The smallest absolute Gasteiger partial charge is 0.0651 e. The summed E-state index contributed by atoms with van der Waals surface area (Å²) in [5, 5.41) is 12.6. The zero-order chi connectivity index (χ0) is 13.5. The van der Waals surface area contributed by atoms with Crippen LogP contribution in [0.5, 0.6) is 0 Å². The van der Waals surface area contributed by atoms with Crippen LogP contribution in [0.2, 0.25) is 5.02 Å². The minimum absolute atomic E-state index is 0.438. The van der Waals surface area contributed by atoms with Crippen LogP contribution in [0.3, 0.4) is 0 Å². The Morgan fingerprint density at radius 1 is 1.10 bits per heavy atom. The van der Waals surface area contributed by atoms with Crippen LogP contribution in [0, 0.1) is 0 Å². The van der Waals surface area contributed by atoms with E-state index in [0.29, 0.717) is 6.04 Å². The number of halogens is 1. The first-order valence-corrected chi connectivity index (χ1v) is 7.13. The van der Waals surface area contributed by atoms with E-state index >= 15 is 0 Å². The molecule has 1 unspecified atom stereocenters. The fraction of sp³-hybridized carbons (Fsp3) is 0.188. The van der Waals surface area contributed by atoms with Gasteiger partial charge in [0.05, 0.1) is 11.7 Å². The molecule has 0 aliphatic heterocycles. The number of hydrogen-bond acceptors (Lipinski definition) is 2. The van der Waals surface area contributed by atoms with Gasteiger partial charge < -0.3 is 5.32 Å². The lowest BCUT2D eigenvalue weighted by molar-refractivity contribution is 0.774. The first-order chi connectivity index (χ1) is 9.78. The van der Waals surface area contributed by atoms with E-state index in [2.05, 4.69) is 45.8 Å². The van der Waals surface area contributed by atoms with Gasteiger partial charge in [0, 0.05) is 22.1 Å². The van der Waals surface area contributed by atoms with E-state index in [1.807, 2.05) is 12.3 Å². The lowest BCUT2D eigenvalue weighted by Crippen LogP contribution is -2.19. The van der Waals surface area contributed by atoms with Crippen molar-refractivity contribution >= 4 is 28.2 Å². The van der Waals surface area contributed by atoms with Gasteiger partial charge in [0.1, 0.15) is 0 Å². The summed E-state index contributed by atoms with van der Waals surface area (Å²) >= 11 is 6.05. The fourth-order valence-corrected chi connectivity index (χ4v) is 3.15. The lowest BCUT2D eigenvalue weighted by Gasteiger charge is -2.13. The van der Waals surface area contributed by atoms with Gasteiger partial charge in [0.15, 0.2) is 0 Å². The molecule has 100 valence electrons. The highest BCUT2D eigenvalue weighted by Gasteiger charge is 2.21. The summed E-state index contributed by atoms with van der Waals surface area (Å²) < 4.78 is 0. The highest BCUT2D eigenvalue weighted by molar-refractivity contribution is 6.30. The molecular formula is C16H14ClN3. The number of nitrogens with zero attached hydrogens (tertiary/aromatic N) is 1. The average Bonchev–Trinajstić information content (AvgIpc) is 3.03. The van der Waals surface area contributed by atoms with Gasteiger partial charge in [-0.3, -0.25) is 5.10 Å². The Bertz CT molecular complexity index is 778. The van der Waals surface area contributed by atoms with Crippen molar-refractivity contribution < 1.29 is 0 Å². The Balaban J connectivity index is 1.55. The van der Waals surface area contributed by atoms with E-state index in [-0.39, 0.29) is 0 Å². The molecule has 4 rings (SSSR count). The quantitative estimate of drug-likeness (QED) is 0.751. The molecule has 1 atom stereocenters. The third-order valence-corrected chi connectivity index (χ3v) is 4.15. The number of hydrogen-bond donors (Lipinski definition) is 2.